The minimum absolute atomic E-state index is 0.145. The number of carbonyl (C=O) groups is 1. The van der Waals surface area contributed by atoms with Gasteiger partial charge in [-0.3, -0.25) is 0 Å². The molecule has 8 heteroatoms. The molecule has 32 heavy (non-hydrogen) atoms. The molecular formula is C24H25N3O5. The van der Waals surface area contributed by atoms with Gasteiger partial charge in [-0.15, -0.1) is 0 Å². The number of aryl methyl sites for hydroxylation is 1. The van der Waals surface area contributed by atoms with E-state index in [4.69, 9.17) is 24.7 Å². The Labute approximate surface area is 185 Å². The van der Waals surface area contributed by atoms with Crippen LogP contribution in [-0.4, -0.2) is 29.3 Å². The SMILES string of the molecule is COCc1c(OC(=O)OC(C)C)ncc2[nH]c3ccc(Oc4ccc(N)c(C)c4)cc3c12. The minimum atomic E-state index is -0.813. The van der Waals surface area contributed by atoms with Crippen molar-refractivity contribution < 1.29 is 23.7 Å². The number of ether oxygens (including phenoxy) is 4. The quantitative estimate of drug-likeness (QED) is 0.305. The maximum atomic E-state index is 12.1. The van der Waals surface area contributed by atoms with Crippen LogP contribution in [0.5, 0.6) is 17.4 Å². The molecule has 0 saturated carbocycles. The number of carbonyl (C=O) groups excluding carboxylic acids is 1. The van der Waals surface area contributed by atoms with Gasteiger partial charge in [0.2, 0.25) is 5.88 Å². The first-order chi connectivity index (χ1) is 15.4. The Kier molecular flexibility index (Phi) is 5.87. The average Bonchev–Trinajstić information content (AvgIpc) is 3.10. The molecule has 0 atom stereocenters. The third-order valence-electron chi connectivity index (χ3n) is 4.95. The number of fused-ring (bicyclic) bond motifs is 3. The maximum absolute atomic E-state index is 12.1. The molecule has 166 valence electrons. The van der Waals surface area contributed by atoms with Crippen molar-refractivity contribution in [3.8, 4) is 17.4 Å². The monoisotopic (exact) mass is 435 g/mol. The Morgan fingerprint density at radius 1 is 1.12 bits per heavy atom. The predicted octanol–water partition coefficient (Wildman–Crippen LogP) is 5.47. The van der Waals surface area contributed by atoms with Gasteiger partial charge in [-0.05, 0) is 62.7 Å². The molecule has 0 bridgehead atoms. The fourth-order valence-electron chi connectivity index (χ4n) is 3.49. The van der Waals surface area contributed by atoms with Gasteiger partial charge >= 0.3 is 6.16 Å². The second-order valence-electron chi connectivity index (χ2n) is 7.74. The summed E-state index contributed by atoms with van der Waals surface area (Å²) in [5.41, 5.74) is 9.88. The first-order valence-electron chi connectivity index (χ1n) is 10.2. The molecule has 2 aromatic carbocycles. The number of anilines is 1. The number of H-pyrrole nitrogens is 1. The van der Waals surface area contributed by atoms with Crippen molar-refractivity contribution in [1.82, 2.24) is 9.97 Å². The van der Waals surface area contributed by atoms with Crippen molar-refractivity contribution in [3.05, 3.63) is 53.7 Å². The van der Waals surface area contributed by atoms with Gasteiger partial charge in [0.1, 0.15) is 11.5 Å². The topological polar surface area (TPSA) is 109 Å². The van der Waals surface area contributed by atoms with Crippen LogP contribution in [0, 0.1) is 6.92 Å². The smallest absolute Gasteiger partial charge is 0.457 e. The molecule has 0 aliphatic rings. The third-order valence-corrected chi connectivity index (χ3v) is 4.95. The number of aromatic nitrogens is 2. The summed E-state index contributed by atoms with van der Waals surface area (Å²) < 4.78 is 21.9. The summed E-state index contributed by atoms with van der Waals surface area (Å²) in [4.78, 5) is 19.7. The lowest BCUT2D eigenvalue weighted by molar-refractivity contribution is 0.0705. The van der Waals surface area contributed by atoms with Gasteiger partial charge in [0.25, 0.3) is 0 Å². The number of methoxy groups -OCH3 is 1. The van der Waals surface area contributed by atoms with E-state index < -0.39 is 6.16 Å². The lowest BCUT2D eigenvalue weighted by Gasteiger charge is -2.12. The molecule has 0 spiro atoms. The van der Waals surface area contributed by atoms with Gasteiger partial charge < -0.3 is 29.7 Å². The van der Waals surface area contributed by atoms with E-state index >= 15 is 0 Å². The molecule has 0 aliphatic heterocycles. The number of hydrogen-bond donors (Lipinski definition) is 2. The fourth-order valence-corrected chi connectivity index (χ4v) is 3.49. The number of hydrogen-bond acceptors (Lipinski definition) is 7. The Bertz CT molecular complexity index is 1300. The van der Waals surface area contributed by atoms with E-state index in [1.54, 1.807) is 27.2 Å². The van der Waals surface area contributed by atoms with E-state index in [9.17, 15) is 4.79 Å². The molecule has 2 heterocycles. The second kappa shape index (κ2) is 8.76. The summed E-state index contributed by atoms with van der Waals surface area (Å²) in [5, 5.41) is 1.73. The molecule has 4 rings (SSSR count). The third kappa shape index (κ3) is 4.31. The molecule has 8 nitrogen and oxygen atoms in total. The summed E-state index contributed by atoms with van der Waals surface area (Å²) in [6, 6.07) is 11.3. The number of aromatic amines is 1. The molecular weight excluding hydrogens is 410 g/mol. The molecule has 3 N–H and O–H groups in total. The molecule has 0 fully saturated rings. The van der Waals surface area contributed by atoms with Gasteiger partial charge in [0.15, 0.2) is 0 Å². The molecule has 2 aromatic heterocycles. The van der Waals surface area contributed by atoms with E-state index in [1.165, 1.54) is 0 Å². The van der Waals surface area contributed by atoms with E-state index in [0.717, 1.165) is 27.4 Å². The van der Waals surface area contributed by atoms with Crippen molar-refractivity contribution in [2.75, 3.05) is 12.8 Å². The largest absolute Gasteiger partial charge is 0.515 e. The highest BCUT2D eigenvalue weighted by molar-refractivity contribution is 6.09. The highest BCUT2D eigenvalue weighted by Crippen LogP contribution is 2.36. The van der Waals surface area contributed by atoms with Crippen molar-refractivity contribution >= 4 is 33.6 Å². The highest BCUT2D eigenvalue weighted by Gasteiger charge is 2.19. The number of benzene rings is 2. The van der Waals surface area contributed by atoms with Gasteiger partial charge in [0, 0.05) is 29.1 Å². The standard InChI is InChI=1S/C24H25N3O5/c1-13(2)30-24(28)32-23-18(12-29-4)22-17-10-16(6-8-20(17)27-21(22)11-26-23)31-15-5-7-19(25)14(3)9-15/h5-11,13,27H,12,25H2,1-4H3. The minimum Gasteiger partial charge on any atom is -0.457 e. The van der Waals surface area contributed by atoms with Crippen LogP contribution in [0.2, 0.25) is 0 Å². The normalized spacial score (nSPS) is 11.3. The maximum Gasteiger partial charge on any atom is 0.515 e. The van der Waals surface area contributed by atoms with E-state index in [2.05, 4.69) is 9.97 Å². The molecule has 4 aromatic rings. The van der Waals surface area contributed by atoms with Crippen LogP contribution in [0.3, 0.4) is 0 Å². The molecule has 0 radical (unpaired) electrons. The number of rotatable bonds is 6. The van der Waals surface area contributed by atoms with Crippen molar-refractivity contribution in [3.63, 3.8) is 0 Å². The number of pyridine rings is 1. The summed E-state index contributed by atoms with van der Waals surface area (Å²) >= 11 is 0. The van der Waals surface area contributed by atoms with Crippen LogP contribution in [0.1, 0.15) is 25.0 Å². The second-order valence-corrected chi connectivity index (χ2v) is 7.74. The number of nitrogen functional groups attached to an aromatic ring is 1. The highest BCUT2D eigenvalue weighted by atomic mass is 16.7. The van der Waals surface area contributed by atoms with Crippen LogP contribution in [0.4, 0.5) is 10.5 Å². The van der Waals surface area contributed by atoms with Crippen molar-refractivity contribution in [2.45, 2.75) is 33.5 Å². The first-order valence-corrected chi connectivity index (χ1v) is 10.2. The van der Waals surface area contributed by atoms with Gasteiger partial charge in [0.05, 0.1) is 30.0 Å². The zero-order valence-corrected chi connectivity index (χ0v) is 18.4. The summed E-state index contributed by atoms with van der Waals surface area (Å²) in [5.74, 6) is 1.49. The zero-order valence-electron chi connectivity index (χ0n) is 18.4. The molecule has 0 aliphatic carbocycles. The Morgan fingerprint density at radius 3 is 2.59 bits per heavy atom. The summed E-state index contributed by atoms with van der Waals surface area (Å²) in [6.45, 7) is 5.63. The van der Waals surface area contributed by atoms with E-state index in [1.807, 2.05) is 43.3 Å². The van der Waals surface area contributed by atoms with Gasteiger partial charge in [-0.2, -0.15) is 0 Å². The van der Waals surface area contributed by atoms with Crippen LogP contribution in [0.15, 0.2) is 42.6 Å². The van der Waals surface area contributed by atoms with E-state index in [-0.39, 0.29) is 18.6 Å². The summed E-state index contributed by atoms with van der Waals surface area (Å²) in [7, 11) is 1.57. The van der Waals surface area contributed by atoms with Gasteiger partial charge in [-0.25, -0.2) is 9.78 Å². The van der Waals surface area contributed by atoms with Crippen molar-refractivity contribution in [1.29, 1.82) is 0 Å². The summed E-state index contributed by atoms with van der Waals surface area (Å²) in [6.07, 6.45) is 0.504. The molecule has 0 amide bonds. The molecule has 0 saturated heterocycles. The number of nitrogens with two attached hydrogens (primary N) is 1. The van der Waals surface area contributed by atoms with Crippen LogP contribution in [0.25, 0.3) is 21.8 Å². The lowest BCUT2D eigenvalue weighted by atomic mass is 10.1. The van der Waals surface area contributed by atoms with Crippen LogP contribution >= 0.6 is 0 Å². The first kappa shape index (κ1) is 21.5. The predicted molar refractivity (Wildman–Crippen MR) is 122 cm³/mol. The van der Waals surface area contributed by atoms with Gasteiger partial charge in [-0.1, -0.05) is 0 Å². The Balaban J connectivity index is 1.78. The fraction of sp³-hybridized carbons (Fsp3) is 0.250. The Hall–Kier alpha value is -3.78. The molecule has 0 unspecified atom stereocenters. The zero-order chi connectivity index (χ0) is 22.8. The Morgan fingerprint density at radius 2 is 1.88 bits per heavy atom. The number of nitrogens with one attached hydrogen (secondary N) is 1. The van der Waals surface area contributed by atoms with Crippen LogP contribution in [-0.2, 0) is 16.1 Å². The number of nitrogens with zero attached hydrogens (tertiary/aromatic N) is 1. The van der Waals surface area contributed by atoms with Crippen molar-refractivity contribution in [2.24, 2.45) is 0 Å². The average molecular weight is 435 g/mol. The lowest BCUT2D eigenvalue weighted by Crippen LogP contribution is -2.17. The van der Waals surface area contributed by atoms with Crippen LogP contribution < -0.4 is 15.2 Å². The van der Waals surface area contributed by atoms with E-state index in [0.29, 0.717) is 22.7 Å².